The Bertz CT molecular complexity index is 334. The monoisotopic (exact) mass is 235 g/mol. The molecule has 0 saturated carbocycles. The van der Waals surface area contributed by atoms with Crippen molar-refractivity contribution in [1.29, 1.82) is 0 Å². The van der Waals surface area contributed by atoms with Gasteiger partial charge in [-0.25, -0.2) is 0 Å². The van der Waals surface area contributed by atoms with E-state index in [-0.39, 0.29) is 0 Å². The van der Waals surface area contributed by atoms with Gasteiger partial charge in [0, 0.05) is 25.3 Å². The number of hydrogen-bond donors (Lipinski definition) is 1. The quantitative estimate of drug-likeness (QED) is 0.821. The highest BCUT2D eigenvalue weighted by Gasteiger charge is 2.15. The minimum absolute atomic E-state index is 0.497. The van der Waals surface area contributed by atoms with Crippen molar-refractivity contribution in [2.75, 3.05) is 18.5 Å². The molecule has 96 valence electrons. The summed E-state index contributed by atoms with van der Waals surface area (Å²) in [5, 5.41) is 3.22. The number of hydrogen-bond acceptors (Lipinski definition) is 3. The highest BCUT2D eigenvalue weighted by Crippen LogP contribution is 2.22. The van der Waals surface area contributed by atoms with E-state index in [1.54, 1.807) is 0 Å². The molecule has 0 saturated heterocycles. The summed E-state index contributed by atoms with van der Waals surface area (Å²) in [6.07, 6.45) is 3.85. The fourth-order valence-electron chi connectivity index (χ4n) is 1.99. The Balaban J connectivity index is 3.00. The SMILES string of the molecule is CNCc1ccncc1N(CC(C)C)C(C)C. The Morgan fingerprint density at radius 2 is 2.00 bits per heavy atom. The van der Waals surface area contributed by atoms with Gasteiger partial charge in [0.05, 0.1) is 11.9 Å². The number of pyridine rings is 1. The number of aromatic nitrogens is 1. The molecule has 0 unspecified atom stereocenters. The first-order valence-corrected chi connectivity index (χ1v) is 6.40. The molecule has 0 aliphatic heterocycles. The molecule has 0 amide bonds. The summed E-state index contributed by atoms with van der Waals surface area (Å²) < 4.78 is 0. The smallest absolute Gasteiger partial charge is 0.0600 e. The second-order valence-electron chi connectivity index (χ2n) is 5.17. The van der Waals surface area contributed by atoms with Crippen LogP contribution in [0.1, 0.15) is 33.3 Å². The molecule has 17 heavy (non-hydrogen) atoms. The standard InChI is InChI=1S/C14H25N3/c1-11(2)10-17(12(3)4)14-9-16-7-6-13(14)8-15-5/h6-7,9,11-12,15H,8,10H2,1-5H3. The highest BCUT2D eigenvalue weighted by molar-refractivity contribution is 5.52. The third kappa shape index (κ3) is 4.00. The lowest BCUT2D eigenvalue weighted by Gasteiger charge is -2.32. The van der Waals surface area contributed by atoms with E-state index in [2.05, 4.69) is 49.0 Å². The first-order valence-electron chi connectivity index (χ1n) is 6.40. The van der Waals surface area contributed by atoms with Crippen LogP contribution in [0, 0.1) is 5.92 Å². The van der Waals surface area contributed by atoms with E-state index in [1.807, 2.05) is 19.4 Å². The third-order valence-corrected chi connectivity index (χ3v) is 2.75. The summed E-state index contributed by atoms with van der Waals surface area (Å²) in [6, 6.07) is 2.60. The molecule has 0 fully saturated rings. The van der Waals surface area contributed by atoms with Gasteiger partial charge >= 0.3 is 0 Å². The van der Waals surface area contributed by atoms with Gasteiger partial charge in [-0.05, 0) is 38.4 Å². The van der Waals surface area contributed by atoms with Gasteiger partial charge in [-0.3, -0.25) is 4.98 Å². The van der Waals surface area contributed by atoms with Crippen LogP contribution in [-0.2, 0) is 6.54 Å². The normalized spacial score (nSPS) is 11.2. The molecular weight excluding hydrogens is 210 g/mol. The largest absolute Gasteiger partial charge is 0.367 e. The summed E-state index contributed by atoms with van der Waals surface area (Å²) >= 11 is 0. The van der Waals surface area contributed by atoms with Gasteiger partial charge in [-0.2, -0.15) is 0 Å². The second-order valence-corrected chi connectivity index (χ2v) is 5.17. The van der Waals surface area contributed by atoms with Crippen molar-refractivity contribution in [3.63, 3.8) is 0 Å². The lowest BCUT2D eigenvalue weighted by molar-refractivity contribution is 0.568. The number of nitrogens with zero attached hydrogens (tertiary/aromatic N) is 2. The van der Waals surface area contributed by atoms with E-state index in [9.17, 15) is 0 Å². The molecule has 0 atom stereocenters. The van der Waals surface area contributed by atoms with Gasteiger partial charge in [0.2, 0.25) is 0 Å². The van der Waals surface area contributed by atoms with Crippen molar-refractivity contribution in [3.05, 3.63) is 24.0 Å². The van der Waals surface area contributed by atoms with Crippen LogP contribution >= 0.6 is 0 Å². The Morgan fingerprint density at radius 1 is 1.29 bits per heavy atom. The predicted octanol–water partition coefficient (Wildman–Crippen LogP) is 2.67. The molecular formula is C14H25N3. The van der Waals surface area contributed by atoms with Gasteiger partial charge in [0.1, 0.15) is 0 Å². The van der Waals surface area contributed by atoms with Crippen LogP contribution in [0.5, 0.6) is 0 Å². The third-order valence-electron chi connectivity index (χ3n) is 2.75. The lowest BCUT2D eigenvalue weighted by atomic mass is 10.1. The minimum atomic E-state index is 0.497. The van der Waals surface area contributed by atoms with Crippen molar-refractivity contribution in [2.24, 2.45) is 5.92 Å². The summed E-state index contributed by atoms with van der Waals surface area (Å²) in [4.78, 5) is 6.70. The van der Waals surface area contributed by atoms with Crippen LogP contribution in [0.4, 0.5) is 5.69 Å². The van der Waals surface area contributed by atoms with Gasteiger partial charge in [-0.1, -0.05) is 13.8 Å². The summed E-state index contributed by atoms with van der Waals surface area (Å²) in [5.41, 5.74) is 2.57. The molecule has 1 N–H and O–H groups in total. The highest BCUT2D eigenvalue weighted by atomic mass is 15.2. The average molecular weight is 235 g/mol. The average Bonchev–Trinajstić information content (AvgIpc) is 2.27. The molecule has 0 aliphatic rings. The van der Waals surface area contributed by atoms with Crippen LogP contribution < -0.4 is 10.2 Å². The second kappa shape index (κ2) is 6.60. The van der Waals surface area contributed by atoms with Crippen LogP contribution in [0.25, 0.3) is 0 Å². The molecule has 3 heteroatoms. The Labute approximate surface area is 105 Å². The molecule has 1 rings (SSSR count). The maximum Gasteiger partial charge on any atom is 0.0600 e. The molecule has 0 aromatic carbocycles. The minimum Gasteiger partial charge on any atom is -0.367 e. The van der Waals surface area contributed by atoms with Crippen molar-refractivity contribution in [3.8, 4) is 0 Å². The van der Waals surface area contributed by atoms with E-state index >= 15 is 0 Å². The molecule has 3 nitrogen and oxygen atoms in total. The molecule has 0 aliphatic carbocycles. The zero-order valence-corrected chi connectivity index (χ0v) is 11.7. The molecule has 0 radical (unpaired) electrons. The molecule has 0 spiro atoms. The van der Waals surface area contributed by atoms with E-state index in [4.69, 9.17) is 0 Å². The fraction of sp³-hybridized carbons (Fsp3) is 0.643. The van der Waals surface area contributed by atoms with Gasteiger partial charge in [0.15, 0.2) is 0 Å². The summed E-state index contributed by atoms with van der Waals surface area (Å²) in [7, 11) is 1.98. The van der Waals surface area contributed by atoms with Gasteiger partial charge in [-0.15, -0.1) is 0 Å². The van der Waals surface area contributed by atoms with E-state index in [1.165, 1.54) is 11.3 Å². The molecule has 1 aromatic rings. The number of nitrogens with one attached hydrogen (secondary N) is 1. The first kappa shape index (κ1) is 14.0. The van der Waals surface area contributed by atoms with Crippen molar-refractivity contribution in [2.45, 2.75) is 40.3 Å². The lowest BCUT2D eigenvalue weighted by Crippen LogP contribution is -2.35. The van der Waals surface area contributed by atoms with Gasteiger partial charge in [0.25, 0.3) is 0 Å². The predicted molar refractivity (Wildman–Crippen MR) is 74.3 cm³/mol. The van der Waals surface area contributed by atoms with Crippen LogP contribution in [0.2, 0.25) is 0 Å². The molecule has 1 heterocycles. The van der Waals surface area contributed by atoms with E-state index in [0.717, 1.165) is 13.1 Å². The van der Waals surface area contributed by atoms with E-state index < -0.39 is 0 Å². The van der Waals surface area contributed by atoms with Crippen LogP contribution in [0.15, 0.2) is 18.5 Å². The zero-order valence-electron chi connectivity index (χ0n) is 11.7. The summed E-state index contributed by atoms with van der Waals surface area (Å²) in [5.74, 6) is 0.653. The van der Waals surface area contributed by atoms with Crippen LogP contribution in [-0.4, -0.2) is 24.6 Å². The Hall–Kier alpha value is -1.09. The van der Waals surface area contributed by atoms with Crippen molar-refractivity contribution < 1.29 is 0 Å². The number of anilines is 1. The van der Waals surface area contributed by atoms with Crippen molar-refractivity contribution >= 4 is 5.69 Å². The zero-order chi connectivity index (χ0) is 12.8. The number of rotatable bonds is 6. The Morgan fingerprint density at radius 3 is 2.53 bits per heavy atom. The van der Waals surface area contributed by atoms with E-state index in [0.29, 0.717) is 12.0 Å². The van der Waals surface area contributed by atoms with Crippen molar-refractivity contribution in [1.82, 2.24) is 10.3 Å². The maximum absolute atomic E-state index is 4.27. The fourth-order valence-corrected chi connectivity index (χ4v) is 1.99. The Kier molecular flexibility index (Phi) is 5.42. The van der Waals surface area contributed by atoms with Gasteiger partial charge < -0.3 is 10.2 Å². The molecule has 0 bridgehead atoms. The van der Waals surface area contributed by atoms with Crippen LogP contribution in [0.3, 0.4) is 0 Å². The topological polar surface area (TPSA) is 28.2 Å². The summed E-state index contributed by atoms with van der Waals surface area (Å²) in [6.45, 7) is 10.9. The first-order chi connectivity index (χ1) is 8.06. The maximum atomic E-state index is 4.27. The molecule has 1 aromatic heterocycles.